The Kier molecular flexibility index (Phi) is 3.49. The molecule has 1 fully saturated rings. The van der Waals surface area contributed by atoms with Gasteiger partial charge >= 0.3 is 0 Å². The van der Waals surface area contributed by atoms with Crippen LogP contribution in [0.4, 0.5) is 0 Å². The summed E-state index contributed by atoms with van der Waals surface area (Å²) >= 11 is 5.63. The van der Waals surface area contributed by atoms with Gasteiger partial charge in [-0.2, -0.15) is 0 Å². The van der Waals surface area contributed by atoms with Gasteiger partial charge in [-0.05, 0) is 12.8 Å². The molecule has 0 aromatic rings. The molecule has 0 aromatic heterocycles. The summed E-state index contributed by atoms with van der Waals surface area (Å²) in [6.07, 6.45) is 10.2. The highest BCUT2D eigenvalue weighted by atomic mass is 35.5. The smallest absolute Gasteiger partial charge is 0.0978 e. The van der Waals surface area contributed by atoms with Gasteiger partial charge in [0.1, 0.15) is 0 Å². The quantitative estimate of drug-likeness (QED) is 0.577. The molecule has 2 aliphatic carbocycles. The fraction of sp³-hybridized carbons (Fsp3) is 0.667. The molecule has 3 unspecified atom stereocenters. The van der Waals surface area contributed by atoms with Crippen molar-refractivity contribution in [2.75, 3.05) is 19.1 Å². The van der Waals surface area contributed by atoms with Crippen LogP contribution >= 0.6 is 11.6 Å². The Labute approximate surface area is 95.6 Å². The van der Waals surface area contributed by atoms with Gasteiger partial charge in [0.25, 0.3) is 0 Å². The van der Waals surface area contributed by atoms with Gasteiger partial charge in [0, 0.05) is 30.9 Å². The summed E-state index contributed by atoms with van der Waals surface area (Å²) in [6, 6.07) is 0. The first-order valence-electron chi connectivity index (χ1n) is 5.50. The van der Waals surface area contributed by atoms with Gasteiger partial charge in [-0.15, -0.1) is 11.6 Å². The molecule has 3 atom stereocenters. The van der Waals surface area contributed by atoms with Crippen LogP contribution < -0.4 is 0 Å². The van der Waals surface area contributed by atoms with E-state index in [-0.39, 0.29) is 18.1 Å². The second kappa shape index (κ2) is 4.69. The second-order valence-corrected chi connectivity index (χ2v) is 4.59. The molecular formula is C12H17ClO2. The first-order chi connectivity index (χ1) is 7.33. The number of aliphatic hydroxyl groups excluding tert-OH is 1. The van der Waals surface area contributed by atoms with E-state index in [1.165, 1.54) is 0 Å². The fourth-order valence-electron chi connectivity index (χ4n) is 2.50. The Hall–Kier alpha value is -0.310. The lowest BCUT2D eigenvalue weighted by Crippen LogP contribution is -2.57. The van der Waals surface area contributed by atoms with Gasteiger partial charge in [-0.25, -0.2) is 0 Å². The molecule has 2 aliphatic rings. The van der Waals surface area contributed by atoms with Crippen molar-refractivity contribution >= 4 is 11.6 Å². The number of hydrogen-bond donors (Lipinski definition) is 1. The molecule has 0 aliphatic heterocycles. The van der Waals surface area contributed by atoms with Crippen LogP contribution in [0.2, 0.25) is 0 Å². The lowest BCUT2D eigenvalue weighted by molar-refractivity contribution is -0.155. The summed E-state index contributed by atoms with van der Waals surface area (Å²) in [4.78, 5) is 0. The van der Waals surface area contributed by atoms with Crippen LogP contribution in [0, 0.1) is 11.8 Å². The van der Waals surface area contributed by atoms with Gasteiger partial charge in [0.15, 0.2) is 0 Å². The molecule has 84 valence electrons. The van der Waals surface area contributed by atoms with Crippen LogP contribution in [0.5, 0.6) is 0 Å². The largest absolute Gasteiger partial charge is 0.396 e. The Morgan fingerprint density at radius 2 is 2.33 bits per heavy atom. The minimum absolute atomic E-state index is 0.204. The molecule has 2 nitrogen and oxygen atoms in total. The molecule has 0 radical (unpaired) electrons. The highest BCUT2D eigenvalue weighted by Gasteiger charge is 2.53. The normalized spacial score (nSPS) is 37.5. The maximum absolute atomic E-state index is 9.28. The van der Waals surface area contributed by atoms with Gasteiger partial charge in [-0.1, -0.05) is 24.3 Å². The van der Waals surface area contributed by atoms with Crippen LogP contribution in [0.1, 0.15) is 12.8 Å². The van der Waals surface area contributed by atoms with E-state index >= 15 is 0 Å². The zero-order valence-electron chi connectivity index (χ0n) is 8.73. The monoisotopic (exact) mass is 228 g/mol. The summed E-state index contributed by atoms with van der Waals surface area (Å²) in [5.74, 6) is 1.32. The molecule has 3 heteroatoms. The summed E-state index contributed by atoms with van der Waals surface area (Å²) < 4.78 is 5.93. The van der Waals surface area contributed by atoms with Gasteiger partial charge in [0.05, 0.1) is 5.60 Å². The fourth-order valence-corrected chi connectivity index (χ4v) is 2.61. The molecule has 0 spiro atoms. The maximum atomic E-state index is 9.28. The van der Waals surface area contributed by atoms with Crippen molar-refractivity contribution in [1.82, 2.24) is 0 Å². The lowest BCUT2D eigenvalue weighted by atomic mass is 9.59. The van der Waals surface area contributed by atoms with Crippen LogP contribution in [0.25, 0.3) is 0 Å². The number of fused-ring (bicyclic) bond motifs is 1. The first-order valence-corrected chi connectivity index (χ1v) is 6.03. The summed E-state index contributed by atoms with van der Waals surface area (Å²) in [6.45, 7) is 0.879. The predicted octanol–water partition coefficient (Wildman–Crippen LogP) is 2.13. The molecule has 0 heterocycles. The highest BCUT2D eigenvalue weighted by molar-refractivity contribution is 6.17. The predicted molar refractivity (Wildman–Crippen MR) is 61.0 cm³/mol. The third-order valence-corrected chi connectivity index (χ3v) is 3.68. The standard InChI is InChI=1S/C12H17ClO2/c13-6-3-7-15-12-5-2-1-4-10(12)8-11(12)9-14/h1-2,4-5,10-11,14H,3,6-9H2. The summed E-state index contributed by atoms with van der Waals surface area (Å²) in [5, 5.41) is 9.28. The van der Waals surface area contributed by atoms with Crippen molar-refractivity contribution < 1.29 is 9.84 Å². The lowest BCUT2D eigenvalue weighted by Gasteiger charge is -2.53. The van der Waals surface area contributed by atoms with Crippen molar-refractivity contribution in [1.29, 1.82) is 0 Å². The van der Waals surface area contributed by atoms with Crippen LogP contribution in [-0.2, 0) is 4.74 Å². The minimum Gasteiger partial charge on any atom is -0.396 e. The number of hydrogen-bond acceptors (Lipinski definition) is 2. The Bertz CT molecular complexity index is 275. The Balaban J connectivity index is 2.00. The third kappa shape index (κ3) is 1.86. The van der Waals surface area contributed by atoms with Crippen molar-refractivity contribution in [2.45, 2.75) is 18.4 Å². The van der Waals surface area contributed by atoms with E-state index in [1.807, 2.05) is 6.08 Å². The van der Waals surface area contributed by atoms with E-state index in [0.717, 1.165) is 12.8 Å². The molecule has 1 saturated carbocycles. The molecule has 0 aromatic carbocycles. The van der Waals surface area contributed by atoms with E-state index in [9.17, 15) is 5.11 Å². The van der Waals surface area contributed by atoms with E-state index in [1.54, 1.807) is 0 Å². The number of rotatable bonds is 5. The third-order valence-electron chi connectivity index (χ3n) is 3.42. The first kappa shape index (κ1) is 11.2. The summed E-state index contributed by atoms with van der Waals surface area (Å²) in [5.41, 5.74) is -0.241. The van der Waals surface area contributed by atoms with E-state index < -0.39 is 0 Å². The summed E-state index contributed by atoms with van der Waals surface area (Å²) in [7, 11) is 0. The average Bonchev–Trinajstić information content (AvgIpc) is 2.23. The SMILES string of the molecule is OCC1CC2C=CC=CC21OCCCCl. The Morgan fingerprint density at radius 3 is 3.00 bits per heavy atom. The Morgan fingerprint density at radius 1 is 1.47 bits per heavy atom. The van der Waals surface area contributed by atoms with Crippen LogP contribution in [0.15, 0.2) is 24.3 Å². The highest BCUT2D eigenvalue weighted by Crippen LogP contribution is 2.50. The van der Waals surface area contributed by atoms with Crippen molar-refractivity contribution in [3.05, 3.63) is 24.3 Å². The zero-order valence-corrected chi connectivity index (χ0v) is 9.49. The maximum Gasteiger partial charge on any atom is 0.0978 e. The van der Waals surface area contributed by atoms with Crippen LogP contribution in [0.3, 0.4) is 0 Å². The molecule has 1 N–H and O–H groups in total. The van der Waals surface area contributed by atoms with Crippen molar-refractivity contribution in [3.63, 3.8) is 0 Å². The van der Waals surface area contributed by atoms with Gasteiger partial charge in [-0.3, -0.25) is 0 Å². The molecular weight excluding hydrogens is 212 g/mol. The average molecular weight is 229 g/mol. The molecule has 15 heavy (non-hydrogen) atoms. The van der Waals surface area contributed by atoms with E-state index in [4.69, 9.17) is 16.3 Å². The number of halogens is 1. The van der Waals surface area contributed by atoms with Crippen LogP contribution in [-0.4, -0.2) is 29.8 Å². The van der Waals surface area contributed by atoms with Crippen molar-refractivity contribution in [3.8, 4) is 0 Å². The van der Waals surface area contributed by atoms with Gasteiger partial charge < -0.3 is 9.84 Å². The molecule has 0 amide bonds. The van der Waals surface area contributed by atoms with Crippen molar-refractivity contribution in [2.24, 2.45) is 11.8 Å². The topological polar surface area (TPSA) is 29.5 Å². The number of ether oxygens (including phenoxy) is 1. The molecule has 0 saturated heterocycles. The second-order valence-electron chi connectivity index (χ2n) is 4.21. The number of allylic oxidation sites excluding steroid dienone is 2. The number of alkyl halides is 1. The zero-order chi connectivity index (χ0) is 10.7. The molecule has 2 rings (SSSR count). The van der Waals surface area contributed by atoms with Gasteiger partial charge in [0.2, 0.25) is 0 Å². The minimum atomic E-state index is -0.241. The molecule has 0 bridgehead atoms. The number of aliphatic hydroxyl groups is 1. The van der Waals surface area contributed by atoms with E-state index in [0.29, 0.717) is 18.4 Å². The van der Waals surface area contributed by atoms with E-state index in [2.05, 4.69) is 18.2 Å².